The zero-order valence-electron chi connectivity index (χ0n) is 28.3. The van der Waals surface area contributed by atoms with Gasteiger partial charge in [0.05, 0.1) is 5.56 Å². The molecule has 1 unspecified atom stereocenters. The molecule has 0 saturated heterocycles. The Morgan fingerprint density at radius 2 is 1.08 bits per heavy atom. The Morgan fingerprint density at radius 1 is 0.623 bits per heavy atom. The predicted octanol–water partition coefficient (Wildman–Crippen LogP) is 3.39. The first-order valence-corrected chi connectivity index (χ1v) is 16.7. The molecule has 14 heteroatoms. The van der Waals surface area contributed by atoms with Crippen LogP contribution in [0.3, 0.4) is 0 Å². The lowest BCUT2D eigenvalue weighted by Crippen LogP contribution is -2.59. The van der Waals surface area contributed by atoms with Crippen LogP contribution in [-0.4, -0.2) is 65.5 Å². The first-order chi connectivity index (χ1) is 25.3. The average molecular weight is 731 g/mol. The Kier molecular flexibility index (Phi) is 12.5. The van der Waals surface area contributed by atoms with Gasteiger partial charge in [-0.1, -0.05) is 84.9 Å². The van der Waals surface area contributed by atoms with Gasteiger partial charge in [-0.2, -0.15) is 13.2 Å². The number of nitrogens with one attached hydrogen (secondary N) is 4. The normalized spacial score (nSPS) is 20.4. The molecular formula is C39H37F3N4O7. The Balaban J connectivity index is 1.52. The highest BCUT2D eigenvalue weighted by molar-refractivity contribution is 5.95. The second kappa shape index (κ2) is 17.4. The van der Waals surface area contributed by atoms with E-state index < -0.39 is 72.1 Å². The number of ether oxygens (including phenoxy) is 1. The van der Waals surface area contributed by atoms with E-state index in [1.54, 1.807) is 72.8 Å². The largest absolute Gasteiger partial charge is 0.484 e. The average Bonchev–Trinajstić information content (AvgIpc) is 3.13. The van der Waals surface area contributed by atoms with Crippen molar-refractivity contribution < 1.29 is 47.0 Å². The van der Waals surface area contributed by atoms with Gasteiger partial charge in [-0.3, -0.25) is 19.2 Å². The number of alkyl halides is 3. The van der Waals surface area contributed by atoms with Crippen molar-refractivity contribution in [3.05, 3.63) is 137 Å². The van der Waals surface area contributed by atoms with E-state index in [4.69, 9.17) is 4.74 Å². The third-order valence-corrected chi connectivity index (χ3v) is 8.55. The van der Waals surface area contributed by atoms with Crippen molar-refractivity contribution in [1.29, 1.82) is 0 Å². The van der Waals surface area contributed by atoms with Gasteiger partial charge < -0.3 is 31.1 Å². The van der Waals surface area contributed by atoms with Gasteiger partial charge in [0.1, 0.15) is 29.9 Å². The molecule has 2 aliphatic rings. The molecule has 2 aliphatic heterocycles. The fourth-order valence-corrected chi connectivity index (χ4v) is 5.75. The number of aliphatic carboxylic acids is 1. The molecule has 0 aliphatic carbocycles. The molecular weight excluding hydrogens is 693 g/mol. The molecule has 0 saturated carbocycles. The number of carboxylic acid groups (broad SMARTS) is 1. The summed E-state index contributed by atoms with van der Waals surface area (Å²) in [5.41, 5.74) is 1.19. The van der Waals surface area contributed by atoms with Gasteiger partial charge in [-0.05, 0) is 46.5 Å². The molecule has 4 amide bonds. The first-order valence-electron chi connectivity index (χ1n) is 16.7. The molecule has 2 bridgehead atoms. The molecule has 0 radical (unpaired) electrons. The predicted molar refractivity (Wildman–Crippen MR) is 186 cm³/mol. The second-order valence-corrected chi connectivity index (χ2v) is 12.6. The van der Waals surface area contributed by atoms with E-state index in [1.807, 2.05) is 0 Å². The van der Waals surface area contributed by atoms with Gasteiger partial charge in [0.25, 0.3) is 5.91 Å². The second-order valence-electron chi connectivity index (χ2n) is 12.6. The van der Waals surface area contributed by atoms with E-state index in [1.165, 1.54) is 24.3 Å². The number of halogens is 3. The minimum atomic E-state index is -4.61. The van der Waals surface area contributed by atoms with Crippen LogP contribution >= 0.6 is 0 Å². The van der Waals surface area contributed by atoms with E-state index in [0.717, 1.165) is 12.1 Å². The number of hydrogen-bond donors (Lipinski definition) is 5. The molecule has 0 aromatic heterocycles. The zero-order valence-corrected chi connectivity index (χ0v) is 28.3. The molecule has 0 spiro atoms. The quantitative estimate of drug-likeness (QED) is 0.182. The number of carbonyl (C=O) groups excluding carboxylic acids is 4. The van der Waals surface area contributed by atoms with Crippen molar-refractivity contribution >= 4 is 29.6 Å². The SMILES string of the molecule is O=C1COc2ccc(cc2)C[C@@H](C(=O)O)NC(=O)[C@@H](Cc2ccccc2)NC(=O)[C@H](Cc2ccc(C(F)(F)F)cc2)NC(=O)C(Cc2ccccc2)N1. The number of carbonyl (C=O) groups is 5. The van der Waals surface area contributed by atoms with Crippen LogP contribution in [0.1, 0.15) is 27.8 Å². The monoisotopic (exact) mass is 730 g/mol. The number of amides is 4. The van der Waals surface area contributed by atoms with Crippen molar-refractivity contribution in [2.75, 3.05) is 6.61 Å². The third kappa shape index (κ3) is 11.2. The van der Waals surface area contributed by atoms with Crippen LogP contribution in [0.4, 0.5) is 13.2 Å². The topological polar surface area (TPSA) is 163 Å². The maximum absolute atomic E-state index is 14.1. The van der Waals surface area contributed by atoms with E-state index in [-0.39, 0.29) is 37.0 Å². The van der Waals surface area contributed by atoms with Crippen LogP contribution in [0.25, 0.3) is 0 Å². The molecule has 4 atom stereocenters. The highest BCUT2D eigenvalue weighted by atomic mass is 19.4. The molecule has 11 nitrogen and oxygen atoms in total. The summed E-state index contributed by atoms with van der Waals surface area (Å²) < 4.78 is 45.6. The van der Waals surface area contributed by atoms with Crippen LogP contribution in [-0.2, 0) is 55.8 Å². The molecule has 276 valence electrons. The van der Waals surface area contributed by atoms with Gasteiger partial charge in [0.2, 0.25) is 17.7 Å². The van der Waals surface area contributed by atoms with Crippen molar-refractivity contribution in [2.24, 2.45) is 0 Å². The molecule has 0 fully saturated rings. The summed E-state index contributed by atoms with van der Waals surface area (Å²) in [6.45, 7) is -0.484. The van der Waals surface area contributed by atoms with E-state index in [2.05, 4.69) is 21.3 Å². The molecule has 6 rings (SSSR count). The smallest absolute Gasteiger partial charge is 0.416 e. The number of rotatable bonds is 7. The van der Waals surface area contributed by atoms with E-state index in [0.29, 0.717) is 16.7 Å². The highest BCUT2D eigenvalue weighted by Gasteiger charge is 2.33. The summed E-state index contributed by atoms with van der Waals surface area (Å²) in [7, 11) is 0. The third-order valence-electron chi connectivity index (χ3n) is 8.55. The first kappa shape index (κ1) is 38.1. The van der Waals surface area contributed by atoms with Crippen LogP contribution in [0.15, 0.2) is 109 Å². The summed E-state index contributed by atoms with van der Waals surface area (Å²) in [6, 6.07) is 22.3. The Labute approximate surface area is 302 Å². The van der Waals surface area contributed by atoms with Crippen molar-refractivity contribution in [2.45, 2.75) is 56.0 Å². The Morgan fingerprint density at radius 3 is 1.55 bits per heavy atom. The highest BCUT2D eigenvalue weighted by Crippen LogP contribution is 2.29. The number of fused-ring (bicyclic) bond motifs is 16. The molecule has 4 aromatic rings. The number of carboxylic acids is 1. The lowest BCUT2D eigenvalue weighted by Gasteiger charge is -2.26. The van der Waals surface area contributed by atoms with E-state index in [9.17, 15) is 42.3 Å². The molecule has 2 heterocycles. The summed E-state index contributed by atoms with van der Waals surface area (Å²) >= 11 is 0. The van der Waals surface area contributed by atoms with E-state index >= 15 is 0 Å². The Hall–Kier alpha value is -6.18. The maximum Gasteiger partial charge on any atom is 0.416 e. The number of hydrogen-bond acceptors (Lipinski definition) is 6. The van der Waals surface area contributed by atoms with Crippen molar-refractivity contribution in [3.63, 3.8) is 0 Å². The Bertz CT molecular complexity index is 1890. The van der Waals surface area contributed by atoms with Crippen LogP contribution < -0.4 is 26.0 Å². The summed E-state index contributed by atoms with van der Waals surface area (Å²) in [4.78, 5) is 67.2. The zero-order chi connectivity index (χ0) is 38.0. The minimum Gasteiger partial charge on any atom is -0.484 e. The molecule has 53 heavy (non-hydrogen) atoms. The summed E-state index contributed by atoms with van der Waals surface area (Å²) in [6.07, 6.45) is -5.08. The van der Waals surface area contributed by atoms with Gasteiger partial charge >= 0.3 is 12.1 Å². The fourth-order valence-electron chi connectivity index (χ4n) is 5.75. The fraction of sp³-hybridized carbons (Fsp3) is 0.256. The van der Waals surface area contributed by atoms with Crippen molar-refractivity contribution in [1.82, 2.24) is 21.3 Å². The summed E-state index contributed by atoms with van der Waals surface area (Å²) in [5.74, 6) is -4.18. The van der Waals surface area contributed by atoms with Crippen molar-refractivity contribution in [3.8, 4) is 5.75 Å². The van der Waals surface area contributed by atoms with Gasteiger partial charge in [0, 0.05) is 25.7 Å². The van der Waals surface area contributed by atoms with Crippen LogP contribution in [0, 0.1) is 0 Å². The standard InChI is InChI=1S/C39H37F3N4O7/c40-39(41,42)28-15-11-26(12-16-28)21-32-36(49)45-31(20-25-9-5-2-6-10-25)37(50)46-33(38(51)52)22-27-13-17-29(18-14-27)53-23-34(47)43-30(35(48)44-32)19-24-7-3-1-4-8-24/h1-18,30-33H,19-23H2,(H,43,47)(H,44,48)(H,45,49)(H,46,50)(H,51,52)/t30?,31-,32+,33+/m1/s1. The molecule has 4 aromatic carbocycles. The van der Waals surface area contributed by atoms with Crippen LogP contribution in [0.2, 0.25) is 0 Å². The summed E-state index contributed by atoms with van der Waals surface area (Å²) in [5, 5.41) is 20.4. The number of benzene rings is 4. The minimum absolute atomic E-state index is 0.0113. The lowest BCUT2D eigenvalue weighted by molar-refractivity contribution is -0.142. The van der Waals surface area contributed by atoms with Gasteiger partial charge in [-0.25, -0.2) is 4.79 Å². The molecule has 5 N–H and O–H groups in total. The maximum atomic E-state index is 14.1. The van der Waals surface area contributed by atoms with Crippen LogP contribution in [0.5, 0.6) is 5.75 Å². The van der Waals surface area contributed by atoms with Gasteiger partial charge in [0.15, 0.2) is 6.61 Å². The lowest BCUT2D eigenvalue weighted by atomic mass is 10.00. The van der Waals surface area contributed by atoms with Gasteiger partial charge in [-0.15, -0.1) is 0 Å².